The molecule has 0 saturated heterocycles. The third kappa shape index (κ3) is 3.09. The Morgan fingerprint density at radius 1 is 1.27 bits per heavy atom. The maximum absolute atomic E-state index is 5.37. The Labute approximate surface area is 154 Å². The maximum atomic E-state index is 5.37. The van der Waals surface area contributed by atoms with Crippen molar-refractivity contribution in [3.05, 3.63) is 52.9 Å². The van der Waals surface area contributed by atoms with Crippen LogP contribution in [0.3, 0.4) is 0 Å². The summed E-state index contributed by atoms with van der Waals surface area (Å²) < 4.78 is 12.3. The molecule has 4 rings (SSSR count). The highest BCUT2D eigenvalue weighted by molar-refractivity contribution is 7.15. The molecule has 0 fully saturated rings. The molecule has 0 unspecified atom stereocenters. The van der Waals surface area contributed by atoms with Crippen LogP contribution in [0.2, 0.25) is 0 Å². The van der Waals surface area contributed by atoms with Crippen molar-refractivity contribution < 1.29 is 9.37 Å². The zero-order valence-electron chi connectivity index (χ0n) is 14.8. The molecule has 0 saturated carbocycles. The van der Waals surface area contributed by atoms with Gasteiger partial charge in [0.1, 0.15) is 17.1 Å². The van der Waals surface area contributed by atoms with Crippen LogP contribution in [-0.2, 0) is 13.1 Å². The minimum absolute atomic E-state index is 0.657. The van der Waals surface area contributed by atoms with E-state index in [1.165, 1.54) is 0 Å². The average molecular weight is 369 g/mol. The van der Waals surface area contributed by atoms with E-state index in [4.69, 9.17) is 14.3 Å². The maximum Gasteiger partial charge on any atom is 0.194 e. The smallest absolute Gasteiger partial charge is 0.194 e. The van der Waals surface area contributed by atoms with Crippen LogP contribution in [0.5, 0.6) is 5.75 Å². The average Bonchev–Trinajstić information content (AvgIpc) is 3.34. The highest BCUT2D eigenvalue weighted by Crippen LogP contribution is 2.30. The molecule has 3 heterocycles. The molecule has 26 heavy (non-hydrogen) atoms. The molecule has 0 bridgehead atoms. The Hall–Kier alpha value is -2.71. The lowest BCUT2D eigenvalue weighted by Gasteiger charge is -2.16. The standard InChI is InChI=1S/C18H19N5O2S/c1-12-15(21-25-20-12)10-22(2)11-16-17(19-18-23(16)7-8-26-18)13-5-4-6-14(9-13)24-3/h4-9H,10-11H2,1-3H3. The first-order valence-corrected chi connectivity index (χ1v) is 9.09. The van der Waals surface area contributed by atoms with Crippen molar-refractivity contribution in [2.75, 3.05) is 14.2 Å². The molecule has 0 radical (unpaired) electrons. The predicted molar refractivity (Wildman–Crippen MR) is 99.3 cm³/mol. The Bertz CT molecular complexity index is 1040. The second-order valence-corrected chi connectivity index (χ2v) is 7.04. The number of methoxy groups -OCH3 is 1. The minimum atomic E-state index is 0.657. The van der Waals surface area contributed by atoms with Gasteiger partial charge in [-0.25, -0.2) is 9.61 Å². The monoisotopic (exact) mass is 369 g/mol. The number of fused-ring (bicyclic) bond motifs is 1. The molecule has 134 valence electrons. The number of ether oxygens (including phenoxy) is 1. The van der Waals surface area contributed by atoms with E-state index in [1.54, 1.807) is 18.4 Å². The van der Waals surface area contributed by atoms with Crippen molar-refractivity contribution in [2.45, 2.75) is 20.0 Å². The second-order valence-electron chi connectivity index (χ2n) is 6.16. The van der Waals surface area contributed by atoms with E-state index in [-0.39, 0.29) is 0 Å². The number of hydrogen-bond acceptors (Lipinski definition) is 7. The fraction of sp³-hybridized carbons (Fsp3) is 0.278. The van der Waals surface area contributed by atoms with Gasteiger partial charge < -0.3 is 4.74 Å². The third-order valence-electron chi connectivity index (χ3n) is 4.29. The summed E-state index contributed by atoms with van der Waals surface area (Å²) in [4.78, 5) is 7.99. The van der Waals surface area contributed by atoms with E-state index in [0.29, 0.717) is 6.54 Å². The van der Waals surface area contributed by atoms with Gasteiger partial charge in [0, 0.05) is 30.2 Å². The van der Waals surface area contributed by atoms with Gasteiger partial charge in [-0.15, -0.1) is 11.3 Å². The van der Waals surface area contributed by atoms with Crippen LogP contribution in [0.15, 0.2) is 40.5 Å². The molecule has 1 aromatic carbocycles. The molecule has 7 nitrogen and oxygen atoms in total. The van der Waals surface area contributed by atoms with Crippen molar-refractivity contribution in [1.82, 2.24) is 24.6 Å². The topological polar surface area (TPSA) is 68.7 Å². The van der Waals surface area contributed by atoms with E-state index < -0.39 is 0 Å². The highest BCUT2D eigenvalue weighted by Gasteiger charge is 2.18. The van der Waals surface area contributed by atoms with Gasteiger partial charge in [-0.2, -0.15) is 0 Å². The number of hydrogen-bond donors (Lipinski definition) is 0. The lowest BCUT2D eigenvalue weighted by atomic mass is 10.1. The van der Waals surface area contributed by atoms with E-state index in [9.17, 15) is 0 Å². The fourth-order valence-corrected chi connectivity index (χ4v) is 3.68. The summed E-state index contributed by atoms with van der Waals surface area (Å²) in [7, 11) is 3.73. The van der Waals surface area contributed by atoms with E-state index in [2.05, 4.69) is 38.9 Å². The summed E-state index contributed by atoms with van der Waals surface area (Å²) >= 11 is 1.63. The van der Waals surface area contributed by atoms with Crippen molar-refractivity contribution in [2.24, 2.45) is 0 Å². The van der Waals surface area contributed by atoms with Gasteiger partial charge in [0.15, 0.2) is 4.96 Å². The number of nitrogens with zero attached hydrogens (tertiary/aromatic N) is 5. The van der Waals surface area contributed by atoms with Crippen molar-refractivity contribution in [1.29, 1.82) is 0 Å². The summed E-state index contributed by atoms with van der Waals surface area (Å²) in [6, 6.07) is 8.00. The number of imidazole rings is 1. The minimum Gasteiger partial charge on any atom is -0.497 e. The lowest BCUT2D eigenvalue weighted by molar-refractivity contribution is 0.278. The highest BCUT2D eigenvalue weighted by atomic mass is 32.1. The van der Waals surface area contributed by atoms with Gasteiger partial charge in [0.25, 0.3) is 0 Å². The van der Waals surface area contributed by atoms with Gasteiger partial charge in [-0.3, -0.25) is 9.30 Å². The Balaban J connectivity index is 1.69. The molecular weight excluding hydrogens is 350 g/mol. The summed E-state index contributed by atoms with van der Waals surface area (Å²) in [6.07, 6.45) is 2.06. The van der Waals surface area contributed by atoms with Gasteiger partial charge in [-0.1, -0.05) is 22.4 Å². The number of benzene rings is 1. The van der Waals surface area contributed by atoms with E-state index >= 15 is 0 Å². The molecule has 0 spiro atoms. The number of aromatic nitrogens is 4. The fourth-order valence-electron chi connectivity index (χ4n) is 2.95. The molecule has 0 atom stereocenters. The van der Waals surface area contributed by atoms with Gasteiger partial charge in [0.05, 0.1) is 18.5 Å². The summed E-state index contributed by atoms with van der Waals surface area (Å²) in [5, 5.41) is 9.87. The van der Waals surface area contributed by atoms with Crippen molar-refractivity contribution >= 4 is 16.3 Å². The zero-order chi connectivity index (χ0) is 18.1. The second kappa shape index (κ2) is 6.89. The number of thiazole rings is 1. The Kier molecular flexibility index (Phi) is 4.44. The van der Waals surface area contributed by atoms with Gasteiger partial charge >= 0.3 is 0 Å². The van der Waals surface area contributed by atoms with Crippen LogP contribution < -0.4 is 4.74 Å². The molecule has 8 heteroatoms. The van der Waals surface area contributed by atoms with E-state index in [0.717, 1.165) is 45.6 Å². The third-order valence-corrected chi connectivity index (χ3v) is 5.05. The number of rotatable bonds is 6. The molecule has 3 aromatic heterocycles. The van der Waals surface area contributed by atoms with Gasteiger partial charge in [-0.05, 0) is 26.1 Å². The quantitative estimate of drug-likeness (QED) is 0.519. The molecule has 0 aliphatic rings. The van der Waals surface area contributed by atoms with Crippen LogP contribution in [0, 0.1) is 6.92 Å². The zero-order valence-corrected chi connectivity index (χ0v) is 15.7. The Morgan fingerprint density at radius 2 is 2.15 bits per heavy atom. The summed E-state index contributed by atoms with van der Waals surface area (Å²) in [5.74, 6) is 0.822. The van der Waals surface area contributed by atoms with Crippen LogP contribution in [0.25, 0.3) is 16.2 Å². The molecule has 4 aromatic rings. The first-order chi connectivity index (χ1) is 12.7. The predicted octanol–water partition coefficient (Wildman–Crippen LogP) is 3.39. The Morgan fingerprint density at radius 3 is 2.92 bits per heavy atom. The van der Waals surface area contributed by atoms with E-state index in [1.807, 2.05) is 30.5 Å². The van der Waals surface area contributed by atoms with Crippen LogP contribution in [0.1, 0.15) is 17.1 Å². The summed E-state index contributed by atoms with van der Waals surface area (Å²) in [6.45, 7) is 3.28. The molecule has 0 aliphatic heterocycles. The van der Waals surface area contributed by atoms with Crippen LogP contribution in [0.4, 0.5) is 0 Å². The molecule has 0 aliphatic carbocycles. The number of aryl methyl sites for hydroxylation is 1. The van der Waals surface area contributed by atoms with Crippen molar-refractivity contribution in [3.63, 3.8) is 0 Å². The van der Waals surface area contributed by atoms with Gasteiger partial charge in [0.2, 0.25) is 0 Å². The largest absolute Gasteiger partial charge is 0.497 e. The first kappa shape index (κ1) is 16.7. The normalized spacial score (nSPS) is 11.5. The molecule has 0 amide bonds. The van der Waals surface area contributed by atoms with Crippen LogP contribution in [-0.4, -0.2) is 38.8 Å². The van der Waals surface area contributed by atoms with Crippen molar-refractivity contribution in [3.8, 4) is 17.0 Å². The molecular formula is C18H19N5O2S. The van der Waals surface area contributed by atoms with Crippen LogP contribution >= 0.6 is 11.3 Å². The molecule has 0 N–H and O–H groups in total. The first-order valence-electron chi connectivity index (χ1n) is 8.21. The lowest BCUT2D eigenvalue weighted by Crippen LogP contribution is -2.19. The summed E-state index contributed by atoms with van der Waals surface area (Å²) in [5.41, 5.74) is 4.81. The SMILES string of the molecule is COc1cccc(-c2nc3sccn3c2CN(C)Cc2nonc2C)c1.